The highest BCUT2D eigenvalue weighted by Gasteiger charge is 2.03. The Morgan fingerprint density at radius 3 is 2.46 bits per heavy atom. The topological polar surface area (TPSA) is 23.8 Å². The van der Waals surface area contributed by atoms with Gasteiger partial charge >= 0.3 is 0 Å². The molecule has 0 aliphatic heterocycles. The Morgan fingerprint density at radius 1 is 1.38 bits per heavy atom. The van der Waals surface area contributed by atoms with Gasteiger partial charge in [-0.2, -0.15) is 5.26 Å². The normalized spacial score (nSPS) is 11.8. The van der Waals surface area contributed by atoms with Gasteiger partial charge in [-0.3, -0.25) is 0 Å². The van der Waals surface area contributed by atoms with Crippen molar-refractivity contribution >= 4 is 21.5 Å². The van der Waals surface area contributed by atoms with E-state index in [0.29, 0.717) is 0 Å². The molecule has 66 valence electrons. The summed E-state index contributed by atoms with van der Waals surface area (Å²) in [6.45, 7) is 2.02. The molecule has 1 aromatic carbocycles. The third kappa shape index (κ3) is 2.43. The summed E-state index contributed by atoms with van der Waals surface area (Å²) in [4.78, 5) is 0. The Labute approximate surface area is 86.8 Å². The fourth-order valence-corrected chi connectivity index (χ4v) is 1.38. The molecule has 1 rings (SSSR count). The van der Waals surface area contributed by atoms with Gasteiger partial charge in [0.05, 0.1) is 5.57 Å². The second-order valence-corrected chi connectivity index (χ2v) is 3.57. The lowest BCUT2D eigenvalue weighted by Crippen LogP contribution is -1.83. The minimum atomic E-state index is 0.725. The van der Waals surface area contributed by atoms with Crippen LogP contribution >= 0.6 is 15.9 Å². The van der Waals surface area contributed by atoms with Gasteiger partial charge in [-0.05, 0) is 12.0 Å². The zero-order chi connectivity index (χ0) is 9.68. The van der Waals surface area contributed by atoms with Crippen LogP contribution in [0, 0.1) is 11.3 Å². The van der Waals surface area contributed by atoms with Gasteiger partial charge in [-0.25, -0.2) is 0 Å². The molecule has 0 saturated carbocycles. The predicted molar refractivity (Wildman–Crippen MR) is 58.2 cm³/mol. The zero-order valence-corrected chi connectivity index (χ0v) is 9.01. The molecule has 0 heterocycles. The van der Waals surface area contributed by atoms with Crippen LogP contribution in [-0.2, 0) is 0 Å². The minimum absolute atomic E-state index is 0.725. The second kappa shape index (κ2) is 4.84. The van der Waals surface area contributed by atoms with Crippen LogP contribution in [0.5, 0.6) is 0 Å². The molecule has 1 nitrogen and oxygen atoms in total. The van der Waals surface area contributed by atoms with Crippen LogP contribution in [0.3, 0.4) is 0 Å². The molecule has 0 spiro atoms. The van der Waals surface area contributed by atoms with Gasteiger partial charge < -0.3 is 0 Å². The molecule has 0 saturated heterocycles. The van der Waals surface area contributed by atoms with Crippen LogP contribution in [0.2, 0.25) is 0 Å². The van der Waals surface area contributed by atoms with Gasteiger partial charge in [0, 0.05) is 4.48 Å². The second-order valence-electron chi connectivity index (χ2n) is 2.61. The van der Waals surface area contributed by atoms with Crippen molar-refractivity contribution in [3.8, 4) is 6.07 Å². The molecule has 13 heavy (non-hydrogen) atoms. The van der Waals surface area contributed by atoms with Crippen molar-refractivity contribution in [3.05, 3.63) is 40.4 Å². The van der Waals surface area contributed by atoms with Crippen molar-refractivity contribution in [2.75, 3.05) is 0 Å². The maximum absolute atomic E-state index is 8.94. The summed E-state index contributed by atoms with van der Waals surface area (Å²) in [5, 5.41) is 8.94. The molecule has 1 aromatic rings. The first kappa shape index (κ1) is 10.0. The number of benzene rings is 1. The molecule has 0 unspecified atom stereocenters. The number of rotatable bonds is 2. The molecular weight excluding hydrogens is 226 g/mol. The standard InChI is InChI=1S/C11H10BrN/c1-2-11(12)10(8-13)9-6-4-3-5-7-9/h3-7H,2H2,1H3/b11-10-. The zero-order valence-electron chi connectivity index (χ0n) is 7.42. The molecule has 0 aliphatic rings. The van der Waals surface area contributed by atoms with Crippen molar-refractivity contribution in [2.45, 2.75) is 13.3 Å². The third-order valence-corrected chi connectivity index (χ3v) is 2.71. The fraction of sp³-hybridized carbons (Fsp3) is 0.182. The summed E-state index contributed by atoms with van der Waals surface area (Å²) in [7, 11) is 0. The van der Waals surface area contributed by atoms with E-state index in [1.807, 2.05) is 37.3 Å². The average molecular weight is 236 g/mol. The molecule has 0 bridgehead atoms. The summed E-state index contributed by atoms with van der Waals surface area (Å²) in [6.07, 6.45) is 0.845. The largest absolute Gasteiger partial charge is 0.192 e. The Kier molecular flexibility index (Phi) is 3.72. The van der Waals surface area contributed by atoms with Crippen molar-refractivity contribution in [1.29, 1.82) is 5.26 Å². The molecule has 0 radical (unpaired) electrons. The smallest absolute Gasteiger partial charge is 0.101 e. The van der Waals surface area contributed by atoms with Crippen molar-refractivity contribution in [3.63, 3.8) is 0 Å². The molecule has 0 fully saturated rings. The van der Waals surface area contributed by atoms with Crippen molar-refractivity contribution < 1.29 is 0 Å². The van der Waals surface area contributed by atoms with Crippen LogP contribution in [-0.4, -0.2) is 0 Å². The van der Waals surface area contributed by atoms with Crippen LogP contribution in [0.4, 0.5) is 0 Å². The average Bonchev–Trinajstić information content (AvgIpc) is 2.20. The number of hydrogen-bond acceptors (Lipinski definition) is 1. The van der Waals surface area contributed by atoms with Crippen LogP contribution in [0.15, 0.2) is 34.8 Å². The van der Waals surface area contributed by atoms with Gasteiger partial charge in [-0.15, -0.1) is 0 Å². The Bertz CT molecular complexity index is 346. The Balaban J connectivity index is 3.15. The van der Waals surface area contributed by atoms with E-state index in [1.54, 1.807) is 0 Å². The number of nitriles is 1. The van der Waals surface area contributed by atoms with Gasteiger partial charge in [0.15, 0.2) is 0 Å². The molecule has 0 atom stereocenters. The summed E-state index contributed by atoms with van der Waals surface area (Å²) in [6, 6.07) is 11.9. The quantitative estimate of drug-likeness (QED) is 0.717. The lowest BCUT2D eigenvalue weighted by Gasteiger charge is -2.00. The predicted octanol–water partition coefficient (Wildman–Crippen LogP) is 3.73. The highest BCUT2D eigenvalue weighted by atomic mass is 79.9. The van der Waals surface area contributed by atoms with E-state index in [0.717, 1.165) is 22.0 Å². The van der Waals surface area contributed by atoms with E-state index in [1.165, 1.54) is 0 Å². The van der Waals surface area contributed by atoms with E-state index in [9.17, 15) is 0 Å². The molecule has 0 aliphatic carbocycles. The summed E-state index contributed by atoms with van der Waals surface area (Å²) >= 11 is 3.40. The first-order chi connectivity index (χ1) is 6.29. The molecular formula is C11H10BrN. The lowest BCUT2D eigenvalue weighted by atomic mass is 10.1. The number of halogens is 1. The van der Waals surface area contributed by atoms with E-state index in [4.69, 9.17) is 5.26 Å². The number of hydrogen-bond donors (Lipinski definition) is 0. The van der Waals surface area contributed by atoms with Crippen LogP contribution < -0.4 is 0 Å². The SMILES string of the molecule is CC/C(Br)=C(\C#N)c1ccccc1. The molecule has 2 heteroatoms. The first-order valence-electron chi connectivity index (χ1n) is 4.13. The monoisotopic (exact) mass is 235 g/mol. The maximum Gasteiger partial charge on any atom is 0.101 e. The van der Waals surface area contributed by atoms with E-state index in [2.05, 4.69) is 22.0 Å². The fourth-order valence-electron chi connectivity index (χ4n) is 1.06. The van der Waals surface area contributed by atoms with Gasteiger partial charge in [0.1, 0.15) is 6.07 Å². The van der Waals surface area contributed by atoms with Crippen molar-refractivity contribution in [1.82, 2.24) is 0 Å². The highest BCUT2D eigenvalue weighted by molar-refractivity contribution is 9.11. The van der Waals surface area contributed by atoms with Gasteiger partial charge in [0.25, 0.3) is 0 Å². The van der Waals surface area contributed by atoms with E-state index in [-0.39, 0.29) is 0 Å². The summed E-state index contributed by atoms with van der Waals surface area (Å²) in [5.74, 6) is 0. The maximum atomic E-state index is 8.94. The Hall–Kier alpha value is -1.07. The molecule has 0 aromatic heterocycles. The van der Waals surface area contributed by atoms with Crippen LogP contribution in [0.25, 0.3) is 5.57 Å². The minimum Gasteiger partial charge on any atom is -0.192 e. The summed E-state index contributed by atoms with van der Waals surface area (Å²) < 4.78 is 0.959. The molecule has 0 N–H and O–H groups in total. The van der Waals surface area contributed by atoms with Gasteiger partial charge in [0.2, 0.25) is 0 Å². The number of allylic oxidation sites excluding steroid dienone is 2. The van der Waals surface area contributed by atoms with Gasteiger partial charge in [-0.1, -0.05) is 53.2 Å². The van der Waals surface area contributed by atoms with E-state index >= 15 is 0 Å². The lowest BCUT2D eigenvalue weighted by molar-refractivity contribution is 1.21. The molecule has 0 amide bonds. The van der Waals surface area contributed by atoms with E-state index < -0.39 is 0 Å². The first-order valence-corrected chi connectivity index (χ1v) is 4.93. The van der Waals surface area contributed by atoms with Crippen LogP contribution in [0.1, 0.15) is 18.9 Å². The van der Waals surface area contributed by atoms with Crippen molar-refractivity contribution in [2.24, 2.45) is 0 Å². The number of nitrogens with zero attached hydrogens (tertiary/aromatic N) is 1. The summed E-state index contributed by atoms with van der Waals surface area (Å²) in [5.41, 5.74) is 1.70. The highest BCUT2D eigenvalue weighted by Crippen LogP contribution is 2.23. The third-order valence-electron chi connectivity index (χ3n) is 1.76. The Morgan fingerprint density at radius 2 is 2.00 bits per heavy atom.